The van der Waals surface area contributed by atoms with Crippen LogP contribution in [0.1, 0.15) is 18.2 Å². The molecule has 0 aliphatic heterocycles. The van der Waals surface area contributed by atoms with Crippen molar-refractivity contribution in [1.82, 2.24) is 4.98 Å². The molecule has 2 aromatic rings. The van der Waals surface area contributed by atoms with Crippen LogP contribution in [-0.4, -0.2) is 11.7 Å². The number of nitrogens with zero attached hydrogens (tertiary/aromatic N) is 1. The molecule has 1 atom stereocenters. The molecule has 0 aliphatic carbocycles. The SMILES string of the molecule is Cl.N[C@@H](CCF)c1ccc2ccccc2n1. The standard InChI is InChI=1S/C12H13FN2.ClH/c13-8-7-10(14)12-6-5-9-3-1-2-4-11(9)15-12;/h1-6,10H,7-8,14H2;1H/t10-;/m0./s1. The summed E-state index contributed by atoms with van der Waals surface area (Å²) in [6.45, 7) is -0.407. The Balaban J connectivity index is 0.00000128. The van der Waals surface area contributed by atoms with Crippen LogP contribution in [0.15, 0.2) is 36.4 Å². The van der Waals surface area contributed by atoms with E-state index in [2.05, 4.69) is 4.98 Å². The third kappa shape index (κ3) is 2.68. The topological polar surface area (TPSA) is 38.9 Å². The van der Waals surface area contributed by atoms with E-state index in [-0.39, 0.29) is 18.4 Å². The van der Waals surface area contributed by atoms with Gasteiger partial charge < -0.3 is 5.73 Å². The van der Waals surface area contributed by atoms with Crippen LogP contribution in [0.3, 0.4) is 0 Å². The molecule has 0 amide bonds. The first kappa shape index (κ1) is 12.9. The number of hydrogen-bond donors (Lipinski definition) is 1. The molecule has 4 heteroatoms. The zero-order valence-electron chi connectivity index (χ0n) is 8.77. The smallest absolute Gasteiger partial charge is 0.0913 e. The highest BCUT2D eigenvalue weighted by molar-refractivity contribution is 5.85. The predicted octanol–water partition coefficient (Wildman–Crippen LogP) is 3.02. The van der Waals surface area contributed by atoms with Crippen LogP contribution in [0.5, 0.6) is 0 Å². The van der Waals surface area contributed by atoms with Crippen molar-refractivity contribution >= 4 is 23.3 Å². The Bertz CT molecular complexity index is 461. The van der Waals surface area contributed by atoms with E-state index in [1.807, 2.05) is 36.4 Å². The second-order valence-electron chi connectivity index (χ2n) is 3.51. The molecule has 2 N–H and O–H groups in total. The lowest BCUT2D eigenvalue weighted by atomic mass is 10.1. The Kier molecular flexibility index (Phi) is 4.65. The molecule has 0 aliphatic rings. The van der Waals surface area contributed by atoms with Gasteiger partial charge >= 0.3 is 0 Å². The van der Waals surface area contributed by atoms with Gasteiger partial charge in [-0.15, -0.1) is 12.4 Å². The number of fused-ring (bicyclic) bond motifs is 1. The average molecular weight is 241 g/mol. The van der Waals surface area contributed by atoms with Crippen molar-refractivity contribution in [3.8, 4) is 0 Å². The van der Waals surface area contributed by atoms with Crippen LogP contribution < -0.4 is 5.73 Å². The second kappa shape index (κ2) is 5.77. The summed E-state index contributed by atoms with van der Waals surface area (Å²) in [6.07, 6.45) is 0.325. The Hall–Kier alpha value is -1.19. The molecule has 0 spiro atoms. The lowest BCUT2D eigenvalue weighted by molar-refractivity contribution is 0.439. The van der Waals surface area contributed by atoms with Gasteiger partial charge in [0.1, 0.15) is 0 Å². The quantitative estimate of drug-likeness (QED) is 0.896. The minimum absolute atomic E-state index is 0. The van der Waals surface area contributed by atoms with E-state index in [0.29, 0.717) is 6.42 Å². The molecule has 0 fully saturated rings. The number of pyridine rings is 1. The van der Waals surface area contributed by atoms with E-state index in [4.69, 9.17) is 5.73 Å². The molecule has 1 aromatic carbocycles. The molecule has 86 valence electrons. The van der Waals surface area contributed by atoms with Crippen LogP contribution in [0.2, 0.25) is 0 Å². The summed E-state index contributed by atoms with van der Waals surface area (Å²) in [4.78, 5) is 4.40. The van der Waals surface area contributed by atoms with Gasteiger partial charge in [-0.1, -0.05) is 24.3 Å². The third-order valence-corrected chi connectivity index (χ3v) is 2.42. The number of rotatable bonds is 3. The van der Waals surface area contributed by atoms with Crippen LogP contribution in [-0.2, 0) is 0 Å². The summed E-state index contributed by atoms with van der Waals surface area (Å²) in [5, 5.41) is 1.08. The summed E-state index contributed by atoms with van der Waals surface area (Å²) in [5.74, 6) is 0. The van der Waals surface area contributed by atoms with Crippen molar-refractivity contribution in [1.29, 1.82) is 0 Å². The molecule has 0 bridgehead atoms. The number of halogens is 2. The van der Waals surface area contributed by atoms with Gasteiger partial charge in [0.05, 0.1) is 17.9 Å². The first-order chi connectivity index (χ1) is 7.31. The van der Waals surface area contributed by atoms with Crippen molar-refractivity contribution in [3.05, 3.63) is 42.1 Å². The number of para-hydroxylation sites is 1. The molecule has 0 saturated carbocycles. The average Bonchev–Trinajstić information content (AvgIpc) is 2.29. The third-order valence-electron chi connectivity index (χ3n) is 2.42. The van der Waals surface area contributed by atoms with Gasteiger partial charge in [-0.3, -0.25) is 9.37 Å². The molecular formula is C12H14ClFN2. The largest absolute Gasteiger partial charge is 0.323 e. The highest BCUT2D eigenvalue weighted by Crippen LogP contribution is 2.17. The Labute approximate surface area is 100 Å². The second-order valence-corrected chi connectivity index (χ2v) is 3.51. The number of aromatic nitrogens is 1. The predicted molar refractivity (Wildman–Crippen MR) is 66.5 cm³/mol. The summed E-state index contributed by atoms with van der Waals surface area (Å²) in [7, 11) is 0. The first-order valence-corrected chi connectivity index (χ1v) is 4.98. The van der Waals surface area contributed by atoms with Gasteiger partial charge in [-0.05, 0) is 18.6 Å². The van der Waals surface area contributed by atoms with Gasteiger partial charge in [0.25, 0.3) is 0 Å². The summed E-state index contributed by atoms with van der Waals surface area (Å²) in [5.41, 5.74) is 7.46. The Morgan fingerprint density at radius 2 is 1.94 bits per heavy atom. The highest BCUT2D eigenvalue weighted by Gasteiger charge is 2.07. The van der Waals surface area contributed by atoms with Gasteiger partial charge in [0, 0.05) is 11.4 Å². The lowest BCUT2D eigenvalue weighted by Crippen LogP contribution is -2.12. The van der Waals surface area contributed by atoms with Gasteiger partial charge in [0.15, 0.2) is 0 Å². The number of benzene rings is 1. The normalized spacial score (nSPS) is 12.1. The maximum atomic E-state index is 12.1. The van der Waals surface area contributed by atoms with Crippen LogP contribution in [0.4, 0.5) is 4.39 Å². The minimum Gasteiger partial charge on any atom is -0.323 e. The monoisotopic (exact) mass is 240 g/mol. The van der Waals surface area contributed by atoms with E-state index in [9.17, 15) is 4.39 Å². The van der Waals surface area contributed by atoms with Crippen molar-refractivity contribution in [2.45, 2.75) is 12.5 Å². The number of alkyl halides is 1. The molecule has 16 heavy (non-hydrogen) atoms. The van der Waals surface area contributed by atoms with Gasteiger partial charge in [0.2, 0.25) is 0 Å². The highest BCUT2D eigenvalue weighted by atomic mass is 35.5. The molecule has 2 rings (SSSR count). The fourth-order valence-electron chi connectivity index (χ4n) is 1.55. The van der Waals surface area contributed by atoms with Crippen LogP contribution in [0.25, 0.3) is 10.9 Å². The zero-order chi connectivity index (χ0) is 10.7. The van der Waals surface area contributed by atoms with E-state index < -0.39 is 6.67 Å². The molecule has 1 heterocycles. The van der Waals surface area contributed by atoms with Crippen molar-refractivity contribution in [2.24, 2.45) is 5.73 Å². The first-order valence-electron chi connectivity index (χ1n) is 4.98. The van der Waals surface area contributed by atoms with Crippen LogP contribution in [0, 0.1) is 0 Å². The molecule has 1 aromatic heterocycles. The fourth-order valence-corrected chi connectivity index (χ4v) is 1.55. The fraction of sp³-hybridized carbons (Fsp3) is 0.250. The Morgan fingerprint density at radius 1 is 1.19 bits per heavy atom. The summed E-state index contributed by atoms with van der Waals surface area (Å²) < 4.78 is 12.1. The maximum absolute atomic E-state index is 12.1. The Morgan fingerprint density at radius 3 is 2.69 bits per heavy atom. The number of nitrogens with two attached hydrogens (primary N) is 1. The maximum Gasteiger partial charge on any atom is 0.0913 e. The van der Waals surface area contributed by atoms with Crippen molar-refractivity contribution in [2.75, 3.05) is 6.67 Å². The molecule has 2 nitrogen and oxygen atoms in total. The van der Waals surface area contributed by atoms with E-state index >= 15 is 0 Å². The van der Waals surface area contributed by atoms with Crippen molar-refractivity contribution in [3.63, 3.8) is 0 Å². The van der Waals surface area contributed by atoms with E-state index in [1.165, 1.54) is 0 Å². The van der Waals surface area contributed by atoms with Gasteiger partial charge in [-0.25, -0.2) is 0 Å². The molecule has 0 saturated heterocycles. The van der Waals surface area contributed by atoms with E-state index in [0.717, 1.165) is 16.6 Å². The zero-order valence-corrected chi connectivity index (χ0v) is 9.58. The van der Waals surface area contributed by atoms with Gasteiger partial charge in [-0.2, -0.15) is 0 Å². The minimum atomic E-state index is -0.407. The van der Waals surface area contributed by atoms with E-state index in [1.54, 1.807) is 0 Å². The lowest BCUT2D eigenvalue weighted by Gasteiger charge is -2.09. The molecule has 0 unspecified atom stereocenters. The summed E-state index contributed by atoms with van der Waals surface area (Å²) >= 11 is 0. The molecule has 0 radical (unpaired) electrons. The summed E-state index contributed by atoms with van der Waals surface area (Å²) in [6, 6.07) is 11.3. The number of hydrogen-bond acceptors (Lipinski definition) is 2. The van der Waals surface area contributed by atoms with Crippen molar-refractivity contribution < 1.29 is 4.39 Å². The van der Waals surface area contributed by atoms with Crippen LogP contribution >= 0.6 is 12.4 Å². The molecular weight excluding hydrogens is 227 g/mol.